The first-order valence-electron chi connectivity index (χ1n) is 11.5. The van der Waals surface area contributed by atoms with Crippen LogP contribution in [-0.2, 0) is 17.4 Å². The minimum absolute atomic E-state index is 0.00237. The van der Waals surface area contributed by atoms with E-state index in [1.165, 1.54) is 17.0 Å². The lowest BCUT2D eigenvalue weighted by molar-refractivity contribution is -0.274. The van der Waals surface area contributed by atoms with Crippen molar-refractivity contribution in [3.63, 3.8) is 0 Å². The summed E-state index contributed by atoms with van der Waals surface area (Å²) in [5.41, 5.74) is 5.43. The molecule has 0 aliphatic carbocycles. The number of nitrogens with one attached hydrogen (secondary N) is 1. The smallest absolute Gasteiger partial charge is 0.471 e. The molecule has 40 heavy (non-hydrogen) atoms. The Morgan fingerprint density at radius 2 is 1.77 bits per heavy atom. The maximum Gasteiger partial charge on any atom is 0.573 e. The van der Waals surface area contributed by atoms with E-state index in [4.69, 9.17) is 10.5 Å². The number of amides is 2. The first-order valence-corrected chi connectivity index (χ1v) is 11.5. The van der Waals surface area contributed by atoms with Gasteiger partial charge in [-0.05, 0) is 23.8 Å². The second kappa shape index (κ2) is 11.0. The molecule has 4 rings (SSSR count). The van der Waals surface area contributed by atoms with E-state index in [-0.39, 0.29) is 48.6 Å². The molecule has 214 valence electrons. The number of likely N-dealkylation sites (tertiary alicyclic amines) is 1. The predicted octanol–water partition coefficient (Wildman–Crippen LogP) is 4.05. The standard InChI is InChI=1S/C24H20F7N5O4/c25-16-11-36(19(37)7-12-1-3-14(4-2-12)40-24(29,30)31)6-5-18(16)39-21-15(20(32)38)8-13(9-33-21)17-10-34-22(35-17)23(26,27)28/h1-4,8-10,16,18H,5-7,11H2,(H2,32,38)(H,34,35)/t16-,18?/m0/s1. The van der Waals surface area contributed by atoms with Crippen LogP contribution in [0.1, 0.15) is 28.2 Å². The van der Waals surface area contributed by atoms with Crippen LogP contribution in [0.3, 0.4) is 0 Å². The van der Waals surface area contributed by atoms with E-state index in [0.717, 1.165) is 30.6 Å². The molecule has 9 nitrogen and oxygen atoms in total. The number of carbonyl (C=O) groups is 2. The molecule has 3 aromatic rings. The van der Waals surface area contributed by atoms with Gasteiger partial charge in [0.1, 0.15) is 17.4 Å². The first kappa shape index (κ1) is 28.6. The van der Waals surface area contributed by atoms with Crippen LogP contribution in [0.25, 0.3) is 11.3 Å². The average molecular weight is 575 g/mol. The Bertz CT molecular complexity index is 1380. The van der Waals surface area contributed by atoms with Crippen LogP contribution in [0.5, 0.6) is 11.6 Å². The van der Waals surface area contributed by atoms with Gasteiger partial charge in [0.15, 0.2) is 6.17 Å². The minimum Gasteiger partial charge on any atom is -0.471 e. The molecule has 1 aliphatic rings. The topological polar surface area (TPSA) is 123 Å². The predicted molar refractivity (Wildman–Crippen MR) is 123 cm³/mol. The summed E-state index contributed by atoms with van der Waals surface area (Å²) >= 11 is 0. The molecule has 3 N–H and O–H groups in total. The van der Waals surface area contributed by atoms with Gasteiger partial charge in [-0.15, -0.1) is 13.2 Å². The zero-order valence-electron chi connectivity index (χ0n) is 20.2. The number of ether oxygens (including phenoxy) is 2. The number of hydrogen-bond acceptors (Lipinski definition) is 6. The Morgan fingerprint density at radius 1 is 1.07 bits per heavy atom. The van der Waals surface area contributed by atoms with Crippen molar-refractivity contribution in [1.82, 2.24) is 19.9 Å². The molecule has 1 saturated heterocycles. The van der Waals surface area contributed by atoms with Crippen LogP contribution < -0.4 is 15.2 Å². The number of halogens is 7. The van der Waals surface area contributed by atoms with Crippen molar-refractivity contribution in [3.8, 4) is 22.9 Å². The van der Waals surface area contributed by atoms with E-state index in [2.05, 4.69) is 19.7 Å². The maximum atomic E-state index is 15.0. The average Bonchev–Trinajstić information content (AvgIpc) is 3.37. The van der Waals surface area contributed by atoms with Gasteiger partial charge in [0, 0.05) is 24.7 Å². The van der Waals surface area contributed by atoms with Crippen molar-refractivity contribution in [2.45, 2.75) is 37.7 Å². The number of benzene rings is 1. The van der Waals surface area contributed by atoms with Crippen molar-refractivity contribution in [3.05, 3.63) is 59.7 Å². The lowest BCUT2D eigenvalue weighted by Crippen LogP contribution is -2.49. The number of aromatic amines is 1. The summed E-state index contributed by atoms with van der Waals surface area (Å²) in [4.78, 5) is 35.1. The van der Waals surface area contributed by atoms with Gasteiger partial charge in [0.25, 0.3) is 5.91 Å². The quantitative estimate of drug-likeness (QED) is 0.410. The third-order valence-corrected chi connectivity index (χ3v) is 5.88. The van der Waals surface area contributed by atoms with Gasteiger partial charge in [-0.2, -0.15) is 13.2 Å². The summed E-state index contributed by atoms with van der Waals surface area (Å²) in [6.07, 6.45) is -10.6. The van der Waals surface area contributed by atoms with E-state index in [1.807, 2.05) is 0 Å². The van der Waals surface area contributed by atoms with Crippen molar-refractivity contribution < 1.29 is 49.8 Å². The van der Waals surface area contributed by atoms with Crippen LogP contribution in [0, 0.1) is 0 Å². The highest BCUT2D eigenvalue weighted by atomic mass is 19.4. The number of nitrogens with zero attached hydrogens (tertiary/aromatic N) is 3. The molecular formula is C24H20F7N5O4. The van der Waals surface area contributed by atoms with Gasteiger partial charge in [-0.3, -0.25) is 9.59 Å². The summed E-state index contributed by atoms with van der Waals surface area (Å²) in [5, 5.41) is 0. The number of rotatable bonds is 7. The Hall–Kier alpha value is -4.37. The number of H-pyrrole nitrogens is 1. The van der Waals surface area contributed by atoms with Gasteiger partial charge in [0.05, 0.1) is 24.9 Å². The summed E-state index contributed by atoms with van der Waals surface area (Å²) in [6.45, 7) is -0.297. The highest BCUT2D eigenvalue weighted by Crippen LogP contribution is 2.31. The first-order chi connectivity index (χ1) is 18.7. The SMILES string of the molecule is NC(=O)c1cc(-c2cnc(C(F)(F)F)[nH]2)cnc1OC1CCN(C(=O)Cc2ccc(OC(F)(F)F)cc2)C[C@@H]1F. The molecular weight excluding hydrogens is 555 g/mol. The minimum atomic E-state index is -4.85. The summed E-state index contributed by atoms with van der Waals surface area (Å²) in [5.74, 6) is -3.52. The number of carbonyl (C=O) groups excluding carboxylic acids is 2. The normalized spacial score (nSPS) is 17.9. The highest BCUT2D eigenvalue weighted by Gasteiger charge is 2.36. The molecule has 3 heterocycles. The zero-order chi connectivity index (χ0) is 29.2. The summed E-state index contributed by atoms with van der Waals surface area (Å²) in [7, 11) is 0. The van der Waals surface area contributed by atoms with Crippen LogP contribution in [0.15, 0.2) is 42.7 Å². The highest BCUT2D eigenvalue weighted by molar-refractivity contribution is 5.96. The number of nitrogens with two attached hydrogens (primary N) is 1. The number of pyridine rings is 1. The molecule has 0 bridgehead atoms. The van der Waals surface area contributed by atoms with Crippen molar-refractivity contribution in [1.29, 1.82) is 0 Å². The van der Waals surface area contributed by atoms with Crippen molar-refractivity contribution >= 4 is 11.8 Å². The van der Waals surface area contributed by atoms with Crippen molar-refractivity contribution in [2.24, 2.45) is 5.73 Å². The maximum absolute atomic E-state index is 15.0. The van der Waals surface area contributed by atoms with Crippen LogP contribution in [0.4, 0.5) is 30.7 Å². The Morgan fingerprint density at radius 3 is 2.35 bits per heavy atom. The van der Waals surface area contributed by atoms with E-state index in [9.17, 15) is 40.3 Å². The second-order valence-electron chi connectivity index (χ2n) is 8.75. The van der Waals surface area contributed by atoms with Crippen LogP contribution in [-0.4, -0.2) is 63.4 Å². The Labute approximate surface area is 221 Å². The largest absolute Gasteiger partial charge is 0.573 e. The van der Waals surface area contributed by atoms with E-state index >= 15 is 0 Å². The molecule has 2 aromatic heterocycles. The molecule has 0 radical (unpaired) electrons. The number of imidazole rings is 1. The molecule has 1 aromatic carbocycles. The number of piperidine rings is 1. The molecule has 2 amide bonds. The second-order valence-corrected chi connectivity index (χ2v) is 8.75. The van der Waals surface area contributed by atoms with Crippen molar-refractivity contribution in [2.75, 3.05) is 13.1 Å². The lowest BCUT2D eigenvalue weighted by atomic mass is 10.0. The molecule has 16 heteroatoms. The third-order valence-electron chi connectivity index (χ3n) is 5.88. The fraction of sp³-hybridized carbons (Fsp3) is 0.333. The van der Waals surface area contributed by atoms with Crippen LogP contribution >= 0.6 is 0 Å². The van der Waals surface area contributed by atoms with E-state index in [1.54, 1.807) is 0 Å². The van der Waals surface area contributed by atoms with Gasteiger partial charge >= 0.3 is 12.5 Å². The molecule has 1 fully saturated rings. The molecule has 1 unspecified atom stereocenters. The fourth-order valence-electron chi connectivity index (χ4n) is 3.96. The van der Waals surface area contributed by atoms with Gasteiger partial charge in [-0.1, -0.05) is 12.1 Å². The summed E-state index contributed by atoms with van der Waals surface area (Å²) in [6, 6.07) is 5.83. The molecule has 0 saturated carbocycles. The third kappa shape index (κ3) is 6.98. The fourth-order valence-corrected chi connectivity index (χ4v) is 3.96. The Kier molecular flexibility index (Phi) is 7.88. The monoisotopic (exact) mass is 575 g/mol. The molecule has 1 aliphatic heterocycles. The molecule has 2 atom stereocenters. The number of primary amides is 1. The lowest BCUT2D eigenvalue weighted by Gasteiger charge is -2.34. The van der Waals surface area contributed by atoms with E-state index < -0.39 is 48.2 Å². The number of hydrogen-bond donors (Lipinski definition) is 2. The Balaban J connectivity index is 1.38. The van der Waals surface area contributed by atoms with E-state index in [0.29, 0.717) is 5.56 Å². The summed E-state index contributed by atoms with van der Waals surface area (Å²) < 4.78 is 99.7. The number of aromatic nitrogens is 3. The van der Waals surface area contributed by atoms with Gasteiger partial charge in [-0.25, -0.2) is 14.4 Å². The zero-order valence-corrected chi connectivity index (χ0v) is 20.2. The number of alkyl halides is 7. The molecule has 0 spiro atoms. The van der Waals surface area contributed by atoms with Gasteiger partial charge < -0.3 is 25.1 Å². The van der Waals surface area contributed by atoms with Crippen LogP contribution in [0.2, 0.25) is 0 Å². The van der Waals surface area contributed by atoms with Gasteiger partial charge in [0.2, 0.25) is 17.6 Å².